The molecule has 0 fully saturated rings. The van der Waals surface area contributed by atoms with E-state index in [-0.39, 0.29) is 5.91 Å². The second-order valence-electron chi connectivity index (χ2n) is 7.98. The maximum Gasteiger partial charge on any atom is 0.251 e. The number of carbonyl (C=O) groups excluding carboxylic acids is 1. The first-order chi connectivity index (χ1) is 15.6. The molecule has 0 radical (unpaired) electrons. The van der Waals surface area contributed by atoms with Gasteiger partial charge in [-0.05, 0) is 49.2 Å². The first-order valence-electron chi connectivity index (χ1n) is 11.1. The Bertz CT molecular complexity index is 902. The maximum atomic E-state index is 12.9. The van der Waals surface area contributed by atoms with Crippen LogP contribution in [-0.2, 0) is 11.3 Å². The number of rotatable bonds is 8. The molecule has 0 saturated carbocycles. The zero-order valence-corrected chi connectivity index (χ0v) is 19.2. The second kappa shape index (κ2) is 11.7. The fraction of sp³-hybridized carbons (Fsp3) is 0.480. The number of fused-ring (bicyclic) bond motifs is 1. The number of nitrogens with zero attached hydrogens (tertiary/aromatic N) is 1. The van der Waals surface area contributed by atoms with E-state index in [2.05, 4.69) is 10.2 Å². The minimum absolute atomic E-state index is 0.201. The number of amides is 1. The van der Waals surface area contributed by atoms with E-state index in [1.165, 1.54) is 0 Å². The summed E-state index contributed by atoms with van der Waals surface area (Å²) in [5.74, 6) is 1.18. The lowest BCUT2D eigenvalue weighted by Crippen LogP contribution is -2.30. The van der Waals surface area contributed by atoms with E-state index >= 15 is 0 Å². The van der Waals surface area contributed by atoms with Crippen molar-refractivity contribution in [2.45, 2.75) is 38.3 Å². The molecule has 1 aliphatic heterocycles. The molecule has 2 aromatic rings. The van der Waals surface area contributed by atoms with Crippen LogP contribution in [0.25, 0.3) is 0 Å². The Morgan fingerprint density at radius 2 is 1.94 bits per heavy atom. The van der Waals surface area contributed by atoms with E-state index in [9.17, 15) is 9.90 Å². The first kappa shape index (κ1) is 23.9. The van der Waals surface area contributed by atoms with Crippen molar-refractivity contribution in [3.8, 4) is 11.5 Å². The van der Waals surface area contributed by atoms with Gasteiger partial charge in [-0.2, -0.15) is 0 Å². The Balaban J connectivity index is 1.81. The second-order valence-corrected chi connectivity index (χ2v) is 7.98. The normalized spacial score (nSPS) is 16.4. The molecule has 0 bridgehead atoms. The highest BCUT2D eigenvalue weighted by Gasteiger charge is 2.21. The van der Waals surface area contributed by atoms with E-state index in [4.69, 9.17) is 14.2 Å². The summed E-state index contributed by atoms with van der Waals surface area (Å²) in [6, 6.07) is 11.1. The maximum absolute atomic E-state index is 12.9. The molecule has 0 saturated heterocycles. The molecule has 7 heteroatoms. The number of nitrogens with one attached hydrogen (secondary N) is 1. The van der Waals surface area contributed by atoms with Crippen LogP contribution in [0.15, 0.2) is 36.4 Å². The fourth-order valence-corrected chi connectivity index (χ4v) is 4.08. The summed E-state index contributed by atoms with van der Waals surface area (Å²) in [4.78, 5) is 15.2. The average Bonchev–Trinajstić information content (AvgIpc) is 2.90. The summed E-state index contributed by atoms with van der Waals surface area (Å²) in [6.45, 7) is 2.57. The zero-order chi connectivity index (χ0) is 22.9. The van der Waals surface area contributed by atoms with Gasteiger partial charge in [0.15, 0.2) is 0 Å². The third kappa shape index (κ3) is 5.93. The Hall–Kier alpha value is -2.77. The molecule has 1 amide bonds. The average molecular weight is 443 g/mol. The van der Waals surface area contributed by atoms with Gasteiger partial charge < -0.3 is 29.5 Å². The molecule has 174 valence electrons. The third-order valence-electron chi connectivity index (χ3n) is 5.89. The fourth-order valence-electron chi connectivity index (χ4n) is 4.08. The van der Waals surface area contributed by atoms with Gasteiger partial charge in [-0.25, -0.2) is 0 Å². The van der Waals surface area contributed by atoms with Crippen LogP contribution in [0.2, 0.25) is 0 Å². The molecule has 2 aromatic carbocycles. The summed E-state index contributed by atoms with van der Waals surface area (Å²) in [5.41, 5.74) is 3.13. The van der Waals surface area contributed by atoms with E-state index in [0.29, 0.717) is 36.6 Å². The summed E-state index contributed by atoms with van der Waals surface area (Å²) < 4.78 is 16.0. The van der Waals surface area contributed by atoms with Crippen LogP contribution in [0, 0.1) is 0 Å². The molecule has 3 rings (SSSR count). The Kier molecular flexibility index (Phi) is 8.76. The zero-order valence-electron chi connectivity index (χ0n) is 19.2. The molecular weight excluding hydrogens is 408 g/mol. The highest BCUT2D eigenvalue weighted by atomic mass is 16.5. The minimum atomic E-state index is -0.598. The Morgan fingerprint density at radius 1 is 1.09 bits per heavy atom. The van der Waals surface area contributed by atoms with Crippen molar-refractivity contribution in [2.24, 2.45) is 0 Å². The molecule has 0 aliphatic carbocycles. The van der Waals surface area contributed by atoms with Crippen molar-refractivity contribution in [1.29, 1.82) is 0 Å². The topological polar surface area (TPSA) is 80.3 Å². The molecule has 1 heterocycles. The Labute approximate surface area is 190 Å². The quantitative estimate of drug-likeness (QED) is 0.649. The molecule has 1 atom stereocenters. The van der Waals surface area contributed by atoms with Gasteiger partial charge in [0.05, 0.1) is 26.9 Å². The standard InChI is InChI=1S/C25H34N2O5/c1-30-14-13-27-12-6-4-5-7-23(28)21-16-18(8-10-22(21)27)25(29)26-17-19-15-20(31-2)9-11-24(19)32-3/h8-11,15-16,23,28H,4-7,12-14,17H2,1-3H3,(H,26,29). The molecule has 1 aliphatic rings. The van der Waals surface area contributed by atoms with Crippen LogP contribution in [-0.4, -0.2) is 52.0 Å². The van der Waals surface area contributed by atoms with Crippen molar-refractivity contribution >= 4 is 11.6 Å². The van der Waals surface area contributed by atoms with Gasteiger partial charge in [0.2, 0.25) is 0 Å². The lowest BCUT2D eigenvalue weighted by Gasteiger charge is -2.28. The van der Waals surface area contributed by atoms with Crippen LogP contribution >= 0.6 is 0 Å². The molecular formula is C25H34N2O5. The molecule has 32 heavy (non-hydrogen) atoms. The van der Waals surface area contributed by atoms with E-state index in [0.717, 1.165) is 49.2 Å². The predicted octanol–water partition coefficient (Wildman–Crippen LogP) is 3.69. The van der Waals surface area contributed by atoms with E-state index in [1.54, 1.807) is 21.3 Å². The van der Waals surface area contributed by atoms with Gasteiger partial charge in [0, 0.05) is 49.1 Å². The van der Waals surface area contributed by atoms with E-state index in [1.807, 2.05) is 36.4 Å². The van der Waals surface area contributed by atoms with Crippen molar-refractivity contribution < 1.29 is 24.1 Å². The number of methoxy groups -OCH3 is 3. The van der Waals surface area contributed by atoms with Gasteiger partial charge in [-0.15, -0.1) is 0 Å². The van der Waals surface area contributed by atoms with Gasteiger partial charge in [0.25, 0.3) is 5.91 Å². The van der Waals surface area contributed by atoms with Gasteiger partial charge in [-0.1, -0.05) is 12.8 Å². The first-order valence-corrected chi connectivity index (χ1v) is 11.1. The smallest absolute Gasteiger partial charge is 0.251 e. The number of carbonyl (C=O) groups is 1. The van der Waals surface area contributed by atoms with Crippen LogP contribution in [0.3, 0.4) is 0 Å². The van der Waals surface area contributed by atoms with Crippen LogP contribution in [0.4, 0.5) is 5.69 Å². The third-order valence-corrected chi connectivity index (χ3v) is 5.89. The monoisotopic (exact) mass is 442 g/mol. The van der Waals surface area contributed by atoms with Crippen molar-refractivity contribution in [1.82, 2.24) is 5.32 Å². The van der Waals surface area contributed by atoms with Crippen LogP contribution < -0.4 is 19.7 Å². The highest BCUT2D eigenvalue weighted by molar-refractivity contribution is 5.95. The van der Waals surface area contributed by atoms with Gasteiger partial charge in [-0.3, -0.25) is 4.79 Å². The lowest BCUT2D eigenvalue weighted by atomic mass is 9.99. The number of hydrogen-bond acceptors (Lipinski definition) is 6. The molecule has 1 unspecified atom stereocenters. The summed E-state index contributed by atoms with van der Waals surface area (Å²) in [7, 11) is 4.89. The van der Waals surface area contributed by atoms with Crippen LogP contribution in [0.1, 0.15) is 53.3 Å². The highest BCUT2D eigenvalue weighted by Crippen LogP contribution is 2.33. The number of hydrogen-bond donors (Lipinski definition) is 2. The van der Waals surface area contributed by atoms with Gasteiger partial charge >= 0.3 is 0 Å². The SMILES string of the molecule is COCCN1CCCCCC(O)c2cc(C(=O)NCc3cc(OC)ccc3OC)ccc21. The summed E-state index contributed by atoms with van der Waals surface area (Å²) in [5, 5.41) is 13.8. The van der Waals surface area contributed by atoms with Crippen LogP contribution in [0.5, 0.6) is 11.5 Å². The minimum Gasteiger partial charge on any atom is -0.497 e. The predicted molar refractivity (Wildman–Crippen MR) is 125 cm³/mol. The molecule has 7 nitrogen and oxygen atoms in total. The molecule has 0 spiro atoms. The Morgan fingerprint density at radius 3 is 2.69 bits per heavy atom. The lowest BCUT2D eigenvalue weighted by molar-refractivity contribution is 0.0950. The number of benzene rings is 2. The number of ether oxygens (including phenoxy) is 3. The molecule has 0 aromatic heterocycles. The van der Waals surface area contributed by atoms with E-state index < -0.39 is 6.10 Å². The number of anilines is 1. The number of aliphatic hydroxyl groups excluding tert-OH is 1. The van der Waals surface area contributed by atoms with Crippen molar-refractivity contribution in [3.63, 3.8) is 0 Å². The summed E-state index contributed by atoms with van der Waals surface area (Å²) in [6.07, 6.45) is 3.20. The van der Waals surface area contributed by atoms with Crippen molar-refractivity contribution in [3.05, 3.63) is 53.1 Å². The van der Waals surface area contributed by atoms with Gasteiger partial charge in [0.1, 0.15) is 11.5 Å². The number of aliphatic hydroxyl groups is 1. The molecule has 2 N–H and O–H groups in total. The largest absolute Gasteiger partial charge is 0.497 e. The van der Waals surface area contributed by atoms with Crippen molar-refractivity contribution in [2.75, 3.05) is 45.9 Å². The summed E-state index contributed by atoms with van der Waals surface area (Å²) >= 11 is 0.